The van der Waals surface area contributed by atoms with Gasteiger partial charge in [0.2, 0.25) is 23.6 Å². The molecule has 8 aliphatic rings. The summed E-state index contributed by atoms with van der Waals surface area (Å²) in [6.45, 7) is 0.572. The second kappa shape index (κ2) is 7.42. The number of hydrogen-bond donors (Lipinski definition) is 2. The van der Waals surface area contributed by atoms with Crippen molar-refractivity contribution in [2.45, 2.75) is 60.2 Å². The number of benzene rings is 2. The Morgan fingerprint density at radius 1 is 0.595 bits per heavy atom. The highest BCUT2D eigenvalue weighted by atomic mass is 16.5. The summed E-state index contributed by atoms with van der Waals surface area (Å²) in [5.41, 5.74) is 2.19. The summed E-state index contributed by atoms with van der Waals surface area (Å²) in [5.74, 6) is -0.481. The second-order valence-corrected chi connectivity index (χ2v) is 12.7. The highest BCUT2D eigenvalue weighted by Crippen LogP contribution is 2.69. The van der Waals surface area contributed by atoms with Crippen LogP contribution in [0.1, 0.15) is 24.0 Å². The number of para-hydroxylation sites is 2. The molecule has 8 heterocycles. The maximum Gasteiger partial charge on any atom is 0.250 e. The molecule has 0 radical (unpaired) electrons. The molecule has 8 atom stereocenters. The van der Waals surface area contributed by atoms with E-state index in [1.807, 2.05) is 36.4 Å². The standard InChI is InChI=1S/C30H28N6O6/c37-23-19-9-29(15-5-1-3-7-17(15)31-27(29)35(19)25(39)21-11-41-13-33(21)23)30-10-20-24(38)34-14-42-12-22(34)26(40)36(20)28(30)32-18-8-4-2-6-16(18)30/h1-8,19-22,27-28,31-32H,9-14H2/t19-,20-,21-,22-,27+,28+,29-,30?/m0/s1. The third-order valence-electron chi connectivity index (χ3n) is 11.4. The summed E-state index contributed by atoms with van der Waals surface area (Å²) in [6.07, 6.45) is -0.379. The Balaban J connectivity index is 1.23. The van der Waals surface area contributed by atoms with Crippen LogP contribution in [0.5, 0.6) is 0 Å². The summed E-state index contributed by atoms with van der Waals surface area (Å²) in [4.78, 5) is 63.0. The molecule has 10 rings (SSSR count). The van der Waals surface area contributed by atoms with Gasteiger partial charge >= 0.3 is 0 Å². The van der Waals surface area contributed by atoms with Crippen LogP contribution in [-0.2, 0) is 39.5 Å². The first kappa shape index (κ1) is 23.4. The molecular formula is C30H28N6O6. The van der Waals surface area contributed by atoms with Crippen molar-refractivity contribution in [3.8, 4) is 0 Å². The van der Waals surface area contributed by atoms with Crippen LogP contribution in [0.15, 0.2) is 48.5 Å². The van der Waals surface area contributed by atoms with Gasteiger partial charge in [-0.05, 0) is 36.1 Å². The SMILES string of the molecule is O=C1[C@@H]2CC3([C@]45C[C@H]6C(=O)N7COC[C@H]7C(=O)N6[C@H]4Nc4ccccc45)c4ccccc4N[C@@H]3N2C(=O)[C@@H]2COCN12. The first-order valence-corrected chi connectivity index (χ1v) is 14.6. The van der Waals surface area contributed by atoms with Gasteiger partial charge in [-0.15, -0.1) is 0 Å². The van der Waals surface area contributed by atoms with Crippen molar-refractivity contribution in [2.24, 2.45) is 0 Å². The lowest BCUT2D eigenvalue weighted by atomic mass is 9.54. The predicted octanol–water partition coefficient (Wildman–Crippen LogP) is -0.0356. The van der Waals surface area contributed by atoms with Crippen LogP contribution in [0.4, 0.5) is 11.4 Å². The van der Waals surface area contributed by atoms with Gasteiger partial charge in [0.25, 0.3) is 0 Å². The second-order valence-electron chi connectivity index (χ2n) is 12.7. The smallest absolute Gasteiger partial charge is 0.250 e. The molecule has 0 aliphatic carbocycles. The number of carbonyl (C=O) groups is 4. The van der Waals surface area contributed by atoms with E-state index in [0.717, 1.165) is 22.5 Å². The summed E-state index contributed by atoms with van der Waals surface area (Å²) in [7, 11) is 0. The minimum atomic E-state index is -0.816. The average Bonchev–Trinajstić information content (AvgIpc) is 3.82. The topological polar surface area (TPSA) is 124 Å². The molecule has 12 nitrogen and oxygen atoms in total. The van der Waals surface area contributed by atoms with Gasteiger partial charge in [-0.25, -0.2) is 0 Å². The number of amides is 4. The maximum absolute atomic E-state index is 14.2. The van der Waals surface area contributed by atoms with Crippen molar-refractivity contribution in [1.29, 1.82) is 0 Å². The van der Waals surface area contributed by atoms with Gasteiger partial charge in [0.15, 0.2) is 0 Å². The third kappa shape index (κ3) is 2.32. The van der Waals surface area contributed by atoms with Gasteiger partial charge in [-0.3, -0.25) is 19.2 Å². The van der Waals surface area contributed by atoms with Gasteiger partial charge in [-0.1, -0.05) is 36.4 Å². The lowest BCUT2D eigenvalue weighted by Gasteiger charge is -2.48. The van der Waals surface area contributed by atoms with Gasteiger partial charge in [0, 0.05) is 11.4 Å². The zero-order valence-electron chi connectivity index (χ0n) is 22.6. The molecule has 0 spiro atoms. The summed E-state index contributed by atoms with van der Waals surface area (Å²) in [6, 6.07) is 13.4. The van der Waals surface area contributed by atoms with Crippen molar-refractivity contribution >= 4 is 35.0 Å². The van der Waals surface area contributed by atoms with Crippen LogP contribution in [0.2, 0.25) is 0 Å². The molecule has 214 valence electrons. The fourth-order valence-electron chi connectivity index (χ4n) is 9.82. The Labute approximate surface area is 240 Å². The molecule has 2 N–H and O–H groups in total. The van der Waals surface area contributed by atoms with Crippen LogP contribution in [-0.4, -0.2) is 106 Å². The largest absolute Gasteiger partial charge is 0.364 e. The molecule has 0 bridgehead atoms. The van der Waals surface area contributed by atoms with E-state index >= 15 is 0 Å². The number of ether oxygens (including phenoxy) is 2. The molecule has 6 fully saturated rings. The fraction of sp³-hybridized carbons (Fsp3) is 0.467. The van der Waals surface area contributed by atoms with Crippen molar-refractivity contribution in [3.63, 3.8) is 0 Å². The summed E-state index contributed by atoms with van der Waals surface area (Å²) in [5, 5.41) is 7.35. The zero-order valence-corrected chi connectivity index (χ0v) is 22.6. The molecule has 0 saturated carbocycles. The van der Waals surface area contributed by atoms with E-state index in [9.17, 15) is 19.2 Å². The van der Waals surface area contributed by atoms with Crippen LogP contribution in [0.3, 0.4) is 0 Å². The highest BCUT2D eigenvalue weighted by Gasteiger charge is 2.79. The molecule has 2 aromatic rings. The van der Waals surface area contributed by atoms with E-state index in [1.165, 1.54) is 0 Å². The molecule has 0 aromatic heterocycles. The number of nitrogens with one attached hydrogen (secondary N) is 2. The van der Waals surface area contributed by atoms with E-state index in [4.69, 9.17) is 9.47 Å². The Kier molecular flexibility index (Phi) is 4.14. The van der Waals surface area contributed by atoms with E-state index in [0.29, 0.717) is 12.8 Å². The average molecular weight is 569 g/mol. The van der Waals surface area contributed by atoms with Crippen molar-refractivity contribution in [3.05, 3.63) is 59.7 Å². The fourth-order valence-corrected chi connectivity index (χ4v) is 9.82. The molecule has 12 heteroatoms. The van der Waals surface area contributed by atoms with E-state index < -0.39 is 47.3 Å². The summed E-state index contributed by atoms with van der Waals surface area (Å²) >= 11 is 0. The quantitative estimate of drug-likeness (QED) is 0.492. The van der Waals surface area contributed by atoms with Crippen LogP contribution in [0, 0.1) is 0 Å². The molecule has 8 aliphatic heterocycles. The van der Waals surface area contributed by atoms with Gasteiger partial charge in [0.05, 0.1) is 24.0 Å². The lowest BCUT2D eigenvalue weighted by molar-refractivity contribution is -0.158. The Morgan fingerprint density at radius 3 is 1.48 bits per heavy atom. The van der Waals surface area contributed by atoms with Crippen LogP contribution < -0.4 is 10.6 Å². The van der Waals surface area contributed by atoms with Crippen molar-refractivity contribution in [2.75, 3.05) is 37.3 Å². The molecular weight excluding hydrogens is 540 g/mol. The van der Waals surface area contributed by atoms with Crippen molar-refractivity contribution < 1.29 is 28.7 Å². The Hall–Kier alpha value is -4.16. The number of hydrogen-bond acceptors (Lipinski definition) is 8. The van der Waals surface area contributed by atoms with Gasteiger partial charge < -0.3 is 39.7 Å². The number of carbonyl (C=O) groups excluding carboxylic acids is 4. The molecule has 6 saturated heterocycles. The Bertz CT molecular complexity index is 1530. The monoisotopic (exact) mass is 568 g/mol. The van der Waals surface area contributed by atoms with Crippen LogP contribution >= 0.6 is 0 Å². The molecule has 42 heavy (non-hydrogen) atoms. The number of piperazine rings is 2. The van der Waals surface area contributed by atoms with E-state index in [1.54, 1.807) is 19.6 Å². The van der Waals surface area contributed by atoms with Gasteiger partial charge in [0.1, 0.15) is 50.0 Å². The first-order valence-electron chi connectivity index (χ1n) is 14.6. The third-order valence-corrected chi connectivity index (χ3v) is 11.4. The number of fused-ring (bicyclic) bond motifs is 13. The zero-order chi connectivity index (χ0) is 28.1. The maximum atomic E-state index is 14.2. The number of rotatable bonds is 1. The number of nitrogens with zero attached hydrogens (tertiary/aromatic N) is 4. The Morgan fingerprint density at radius 2 is 1.02 bits per heavy atom. The van der Waals surface area contributed by atoms with Gasteiger partial charge in [-0.2, -0.15) is 0 Å². The highest BCUT2D eigenvalue weighted by molar-refractivity contribution is 6.01. The van der Waals surface area contributed by atoms with Crippen molar-refractivity contribution in [1.82, 2.24) is 19.6 Å². The molecule has 4 amide bonds. The van der Waals surface area contributed by atoms with E-state index in [-0.39, 0.29) is 50.3 Å². The normalized spacial score (nSPS) is 40.2. The first-order chi connectivity index (χ1) is 20.5. The van der Waals surface area contributed by atoms with Crippen LogP contribution in [0.25, 0.3) is 0 Å². The number of anilines is 2. The molecule has 2 aromatic carbocycles. The summed E-state index contributed by atoms with van der Waals surface area (Å²) < 4.78 is 11.1. The minimum Gasteiger partial charge on any atom is -0.364 e. The minimum absolute atomic E-state index is 0.109. The molecule has 1 unspecified atom stereocenters. The lowest BCUT2D eigenvalue weighted by Crippen LogP contribution is -2.66. The van der Waals surface area contributed by atoms with E-state index in [2.05, 4.69) is 22.8 Å². The predicted molar refractivity (Wildman–Crippen MR) is 144 cm³/mol.